The van der Waals surface area contributed by atoms with E-state index in [-0.39, 0.29) is 11.9 Å². The summed E-state index contributed by atoms with van der Waals surface area (Å²) in [5, 5.41) is 5.50. The first-order chi connectivity index (χ1) is 15.8. The Labute approximate surface area is 202 Å². The average Bonchev–Trinajstić information content (AvgIpc) is 3.13. The van der Waals surface area contributed by atoms with Crippen molar-refractivity contribution in [3.05, 3.63) is 74.7 Å². The van der Waals surface area contributed by atoms with E-state index in [2.05, 4.69) is 49.8 Å². The van der Waals surface area contributed by atoms with Crippen molar-refractivity contribution in [2.45, 2.75) is 38.8 Å². The van der Waals surface area contributed by atoms with Crippen molar-refractivity contribution in [3.8, 4) is 0 Å². The molecule has 0 radical (unpaired) electrons. The Balaban J connectivity index is 1.38. The van der Waals surface area contributed by atoms with Crippen molar-refractivity contribution in [1.29, 1.82) is 0 Å². The van der Waals surface area contributed by atoms with E-state index < -0.39 is 11.4 Å². The van der Waals surface area contributed by atoms with Gasteiger partial charge in [0, 0.05) is 32.3 Å². The number of nitrogens with one attached hydrogen (secondary N) is 2. The minimum Gasteiger partial charge on any atom is -0.337 e. The normalized spacial score (nSPS) is 14.3. The standard InChI is InChI=1S/C24H26ClN5O2S/c1-24(2,29-21(31)19-8-9-20(25)33-19)22(32)28-23-26-14-17-10-12-30(13-11-18(17)27-23)15-16-6-4-3-5-7-16/h3-9,14H,10-13,15H2,1-2H3,(H,29,31)(H,26,27,28,32). The highest BCUT2D eigenvalue weighted by Gasteiger charge is 2.31. The van der Waals surface area contributed by atoms with E-state index in [1.165, 1.54) is 5.56 Å². The van der Waals surface area contributed by atoms with Gasteiger partial charge in [-0.25, -0.2) is 9.97 Å². The van der Waals surface area contributed by atoms with Crippen LogP contribution in [0.3, 0.4) is 0 Å². The first kappa shape index (κ1) is 23.4. The van der Waals surface area contributed by atoms with Crippen molar-refractivity contribution in [2.75, 3.05) is 18.4 Å². The number of hydrogen-bond acceptors (Lipinski definition) is 6. The van der Waals surface area contributed by atoms with Gasteiger partial charge in [0.2, 0.25) is 5.95 Å². The van der Waals surface area contributed by atoms with Crippen molar-refractivity contribution >= 4 is 40.7 Å². The molecular weight excluding hydrogens is 458 g/mol. The van der Waals surface area contributed by atoms with E-state index in [4.69, 9.17) is 11.6 Å². The Kier molecular flexibility index (Phi) is 7.07. The molecule has 1 aromatic carbocycles. The summed E-state index contributed by atoms with van der Waals surface area (Å²) in [6.07, 6.45) is 3.44. The van der Waals surface area contributed by atoms with E-state index in [0.717, 1.165) is 55.1 Å². The maximum Gasteiger partial charge on any atom is 0.262 e. The Morgan fingerprint density at radius 2 is 1.88 bits per heavy atom. The van der Waals surface area contributed by atoms with Crippen molar-refractivity contribution in [1.82, 2.24) is 20.2 Å². The summed E-state index contributed by atoms with van der Waals surface area (Å²) >= 11 is 7.07. The number of rotatable bonds is 6. The first-order valence-electron chi connectivity index (χ1n) is 10.8. The fraction of sp³-hybridized carbons (Fsp3) is 0.333. The highest BCUT2D eigenvalue weighted by atomic mass is 35.5. The van der Waals surface area contributed by atoms with Gasteiger partial charge in [0.05, 0.1) is 14.9 Å². The average molecular weight is 484 g/mol. The second kappa shape index (κ2) is 9.99. The monoisotopic (exact) mass is 483 g/mol. The predicted octanol–water partition coefficient (Wildman–Crippen LogP) is 3.94. The van der Waals surface area contributed by atoms with Crippen LogP contribution < -0.4 is 10.6 Å². The van der Waals surface area contributed by atoms with Crippen LogP contribution in [0.1, 0.15) is 40.3 Å². The van der Waals surface area contributed by atoms with E-state index in [0.29, 0.717) is 9.21 Å². The van der Waals surface area contributed by atoms with Crippen LogP contribution in [-0.4, -0.2) is 45.3 Å². The van der Waals surface area contributed by atoms with Crippen LogP contribution in [0.2, 0.25) is 4.34 Å². The van der Waals surface area contributed by atoms with Crippen LogP contribution in [0.4, 0.5) is 5.95 Å². The van der Waals surface area contributed by atoms with Crippen LogP contribution in [0.5, 0.6) is 0 Å². The zero-order valence-corrected chi connectivity index (χ0v) is 20.2. The number of nitrogens with zero attached hydrogens (tertiary/aromatic N) is 3. The number of carbonyl (C=O) groups excluding carboxylic acids is 2. The Morgan fingerprint density at radius 1 is 1.12 bits per heavy atom. The molecule has 0 saturated carbocycles. The fourth-order valence-electron chi connectivity index (χ4n) is 3.68. The molecule has 0 aliphatic carbocycles. The molecule has 2 amide bonds. The number of halogens is 1. The molecule has 0 unspecified atom stereocenters. The van der Waals surface area contributed by atoms with Crippen LogP contribution in [-0.2, 0) is 24.2 Å². The van der Waals surface area contributed by atoms with Gasteiger partial charge in [-0.2, -0.15) is 0 Å². The van der Waals surface area contributed by atoms with Gasteiger partial charge in [-0.1, -0.05) is 41.9 Å². The summed E-state index contributed by atoms with van der Waals surface area (Å²) in [5.74, 6) is -0.497. The number of hydrogen-bond donors (Lipinski definition) is 2. The second-order valence-electron chi connectivity index (χ2n) is 8.56. The van der Waals surface area contributed by atoms with Crippen molar-refractivity contribution in [2.24, 2.45) is 0 Å². The van der Waals surface area contributed by atoms with Crippen LogP contribution >= 0.6 is 22.9 Å². The first-order valence-corrected chi connectivity index (χ1v) is 12.0. The molecule has 0 atom stereocenters. The lowest BCUT2D eigenvalue weighted by atomic mass is 10.0. The van der Waals surface area contributed by atoms with Gasteiger partial charge in [0.15, 0.2) is 0 Å². The Morgan fingerprint density at radius 3 is 2.61 bits per heavy atom. The molecule has 7 nitrogen and oxygen atoms in total. The molecule has 0 spiro atoms. The van der Waals surface area contributed by atoms with Crippen LogP contribution in [0.15, 0.2) is 48.7 Å². The minimum atomic E-state index is -1.16. The Bertz CT molecular complexity index is 1150. The molecule has 0 bridgehead atoms. The number of thiophene rings is 1. The van der Waals surface area contributed by atoms with Crippen molar-refractivity contribution in [3.63, 3.8) is 0 Å². The third-order valence-electron chi connectivity index (χ3n) is 5.58. The van der Waals surface area contributed by atoms with Gasteiger partial charge in [-0.3, -0.25) is 19.8 Å². The summed E-state index contributed by atoms with van der Waals surface area (Å²) in [7, 11) is 0. The molecule has 2 N–H and O–H groups in total. The van der Waals surface area contributed by atoms with Gasteiger partial charge < -0.3 is 5.32 Å². The van der Waals surface area contributed by atoms with Gasteiger partial charge in [-0.05, 0) is 43.5 Å². The summed E-state index contributed by atoms with van der Waals surface area (Å²) in [6, 6.07) is 13.7. The summed E-state index contributed by atoms with van der Waals surface area (Å²) < 4.78 is 0.517. The highest BCUT2D eigenvalue weighted by molar-refractivity contribution is 7.18. The molecule has 0 saturated heterocycles. The zero-order chi connectivity index (χ0) is 23.4. The third kappa shape index (κ3) is 5.96. The molecule has 3 heterocycles. The quantitative estimate of drug-likeness (QED) is 0.554. The largest absolute Gasteiger partial charge is 0.337 e. The van der Waals surface area contributed by atoms with E-state index in [9.17, 15) is 9.59 Å². The number of fused-ring (bicyclic) bond motifs is 1. The maximum absolute atomic E-state index is 12.9. The summed E-state index contributed by atoms with van der Waals surface area (Å²) in [6.45, 7) is 6.00. The molecule has 2 aromatic heterocycles. The molecule has 3 aromatic rings. The van der Waals surface area contributed by atoms with Crippen molar-refractivity contribution < 1.29 is 9.59 Å². The lowest BCUT2D eigenvalue weighted by Gasteiger charge is -2.24. The van der Waals surface area contributed by atoms with E-state index in [1.807, 2.05) is 6.07 Å². The van der Waals surface area contributed by atoms with Gasteiger partial charge in [0.1, 0.15) is 5.54 Å². The highest BCUT2D eigenvalue weighted by Crippen LogP contribution is 2.22. The zero-order valence-electron chi connectivity index (χ0n) is 18.6. The van der Waals surface area contributed by atoms with Crippen LogP contribution in [0.25, 0.3) is 0 Å². The fourth-order valence-corrected chi connectivity index (χ4v) is 4.62. The van der Waals surface area contributed by atoms with Gasteiger partial charge in [0.25, 0.3) is 11.8 Å². The lowest BCUT2D eigenvalue weighted by molar-refractivity contribution is -0.121. The summed E-state index contributed by atoms with van der Waals surface area (Å²) in [5.41, 5.74) is 2.18. The Hall–Kier alpha value is -2.81. The van der Waals surface area contributed by atoms with Crippen LogP contribution in [0, 0.1) is 0 Å². The molecule has 4 rings (SSSR count). The van der Waals surface area contributed by atoms with E-state index >= 15 is 0 Å². The number of carbonyl (C=O) groups is 2. The number of aromatic nitrogens is 2. The lowest BCUT2D eigenvalue weighted by Crippen LogP contribution is -2.52. The van der Waals surface area contributed by atoms with Gasteiger partial charge in [-0.15, -0.1) is 11.3 Å². The topological polar surface area (TPSA) is 87.2 Å². The third-order valence-corrected chi connectivity index (χ3v) is 6.81. The molecule has 1 aliphatic heterocycles. The second-order valence-corrected chi connectivity index (χ2v) is 10.3. The molecule has 172 valence electrons. The summed E-state index contributed by atoms with van der Waals surface area (Å²) in [4.78, 5) is 37.1. The molecule has 33 heavy (non-hydrogen) atoms. The number of amides is 2. The molecule has 1 aliphatic rings. The van der Waals surface area contributed by atoms with Gasteiger partial charge >= 0.3 is 0 Å². The number of benzene rings is 1. The molecular formula is C24H26ClN5O2S. The molecule has 9 heteroatoms. The SMILES string of the molecule is CC(C)(NC(=O)c1ccc(Cl)s1)C(=O)Nc1ncc2c(n1)CCN(Cc1ccccc1)CC2. The smallest absolute Gasteiger partial charge is 0.262 e. The maximum atomic E-state index is 12.9. The number of anilines is 1. The molecule has 0 fully saturated rings. The minimum absolute atomic E-state index is 0.247. The predicted molar refractivity (Wildman–Crippen MR) is 131 cm³/mol. The van der Waals surface area contributed by atoms with E-state index in [1.54, 1.807) is 32.2 Å².